The molecule has 0 saturated carbocycles. The van der Waals surface area contributed by atoms with Gasteiger partial charge in [0.25, 0.3) is 0 Å². The van der Waals surface area contributed by atoms with Crippen LogP contribution in [-0.4, -0.2) is 71.5 Å². The average molecular weight is 510 g/mol. The van der Waals surface area contributed by atoms with Gasteiger partial charge in [-0.05, 0) is 56.8 Å². The van der Waals surface area contributed by atoms with Crippen LogP contribution in [0.1, 0.15) is 36.9 Å². The molecule has 2 aliphatic heterocycles. The molecule has 7 heteroatoms. The van der Waals surface area contributed by atoms with Gasteiger partial charge < -0.3 is 19.5 Å². The zero-order chi connectivity index (χ0) is 19.3. The van der Waals surface area contributed by atoms with Gasteiger partial charge in [-0.25, -0.2) is 4.98 Å². The number of halogens is 1. The molecule has 160 valence electrons. The van der Waals surface area contributed by atoms with Gasteiger partial charge in [-0.3, -0.25) is 4.99 Å². The highest BCUT2D eigenvalue weighted by atomic mass is 127. The van der Waals surface area contributed by atoms with E-state index in [0.29, 0.717) is 0 Å². The molecule has 4 heterocycles. The van der Waals surface area contributed by atoms with Crippen LogP contribution < -0.4 is 5.32 Å². The summed E-state index contributed by atoms with van der Waals surface area (Å²) in [5.41, 5.74) is 3.40. The SMILES string of the molecule is CN=C(NCCc1cn2cccc(C)c2n1)N1CCC(CN2CCCCC2)C1.I. The zero-order valence-electron chi connectivity index (χ0n) is 17.8. The Morgan fingerprint density at radius 1 is 1.24 bits per heavy atom. The number of nitrogens with zero attached hydrogens (tertiary/aromatic N) is 5. The van der Waals surface area contributed by atoms with Crippen molar-refractivity contribution in [2.24, 2.45) is 10.9 Å². The number of nitrogens with one attached hydrogen (secondary N) is 1. The Morgan fingerprint density at radius 3 is 2.83 bits per heavy atom. The second kappa shape index (κ2) is 10.6. The van der Waals surface area contributed by atoms with Gasteiger partial charge in [0.15, 0.2) is 5.96 Å². The number of piperidine rings is 1. The van der Waals surface area contributed by atoms with Gasteiger partial charge in [0.2, 0.25) is 0 Å². The Hall–Kier alpha value is -1.35. The molecule has 1 atom stereocenters. The molecular weight excluding hydrogens is 475 g/mol. The van der Waals surface area contributed by atoms with Crippen molar-refractivity contribution in [3.63, 3.8) is 0 Å². The van der Waals surface area contributed by atoms with E-state index in [1.54, 1.807) is 0 Å². The predicted octanol–water partition coefficient (Wildman–Crippen LogP) is 3.19. The Labute approximate surface area is 191 Å². The minimum atomic E-state index is 0. The van der Waals surface area contributed by atoms with Gasteiger partial charge in [0.05, 0.1) is 5.69 Å². The van der Waals surface area contributed by atoms with Gasteiger partial charge in [0, 0.05) is 52.0 Å². The van der Waals surface area contributed by atoms with Gasteiger partial charge in [-0.1, -0.05) is 12.5 Å². The summed E-state index contributed by atoms with van der Waals surface area (Å²) in [6.45, 7) is 9.07. The highest BCUT2D eigenvalue weighted by Crippen LogP contribution is 2.20. The topological polar surface area (TPSA) is 48.2 Å². The van der Waals surface area contributed by atoms with Crippen LogP contribution in [0.5, 0.6) is 0 Å². The first-order chi connectivity index (χ1) is 13.7. The summed E-state index contributed by atoms with van der Waals surface area (Å²) >= 11 is 0. The molecule has 6 nitrogen and oxygen atoms in total. The third-order valence-corrected chi connectivity index (χ3v) is 6.15. The highest BCUT2D eigenvalue weighted by molar-refractivity contribution is 14.0. The standard InChI is InChI=1S/C22H34N6.HI/c1-18-7-6-13-27-17-20(25-21(18)27)8-10-24-22(23-2)28-14-9-19(16-28)15-26-11-4-3-5-12-26;/h6-7,13,17,19H,3-5,8-12,14-16H2,1-2H3,(H,23,24);1H. The van der Waals surface area contributed by atoms with Crippen LogP contribution in [0, 0.1) is 12.8 Å². The van der Waals surface area contributed by atoms with Crippen LogP contribution in [0.15, 0.2) is 29.5 Å². The first kappa shape index (κ1) is 22.3. The fraction of sp³-hybridized carbons (Fsp3) is 0.636. The predicted molar refractivity (Wildman–Crippen MR) is 130 cm³/mol. The summed E-state index contributed by atoms with van der Waals surface area (Å²) < 4.78 is 2.12. The number of aryl methyl sites for hydroxylation is 1. The quantitative estimate of drug-likeness (QED) is 0.382. The number of hydrogen-bond acceptors (Lipinski definition) is 3. The van der Waals surface area contributed by atoms with E-state index >= 15 is 0 Å². The molecule has 2 aliphatic rings. The number of fused-ring (bicyclic) bond motifs is 1. The Bertz CT molecular complexity index is 811. The molecule has 0 amide bonds. The third-order valence-electron chi connectivity index (χ3n) is 6.15. The number of imidazole rings is 1. The molecule has 0 bridgehead atoms. The van der Waals surface area contributed by atoms with Crippen LogP contribution in [-0.2, 0) is 6.42 Å². The second-order valence-electron chi connectivity index (χ2n) is 8.34. The minimum absolute atomic E-state index is 0. The summed E-state index contributed by atoms with van der Waals surface area (Å²) in [4.78, 5) is 14.4. The molecule has 0 radical (unpaired) electrons. The zero-order valence-corrected chi connectivity index (χ0v) is 20.1. The molecule has 2 aromatic heterocycles. The van der Waals surface area contributed by atoms with E-state index in [9.17, 15) is 0 Å². The van der Waals surface area contributed by atoms with Crippen LogP contribution in [0.2, 0.25) is 0 Å². The first-order valence-corrected chi connectivity index (χ1v) is 10.8. The molecule has 0 aliphatic carbocycles. The molecule has 2 aromatic rings. The Balaban J connectivity index is 0.00000240. The van der Waals surface area contributed by atoms with E-state index < -0.39 is 0 Å². The fourth-order valence-electron chi connectivity index (χ4n) is 4.64. The Morgan fingerprint density at radius 2 is 2.07 bits per heavy atom. The van der Waals surface area contributed by atoms with Crippen molar-refractivity contribution < 1.29 is 0 Å². The lowest BCUT2D eigenvalue weighted by Gasteiger charge is -2.29. The molecule has 0 spiro atoms. The number of guanidine groups is 1. The fourth-order valence-corrected chi connectivity index (χ4v) is 4.64. The highest BCUT2D eigenvalue weighted by Gasteiger charge is 2.26. The molecule has 2 saturated heterocycles. The summed E-state index contributed by atoms with van der Waals surface area (Å²) in [5, 5.41) is 3.56. The monoisotopic (exact) mass is 510 g/mol. The van der Waals surface area contributed by atoms with E-state index in [-0.39, 0.29) is 24.0 Å². The molecule has 1 unspecified atom stereocenters. The second-order valence-corrected chi connectivity index (χ2v) is 8.34. The molecule has 4 rings (SSSR count). The molecule has 2 fully saturated rings. The summed E-state index contributed by atoms with van der Waals surface area (Å²) in [5.74, 6) is 1.82. The molecule has 1 N–H and O–H groups in total. The summed E-state index contributed by atoms with van der Waals surface area (Å²) in [6, 6.07) is 4.18. The maximum atomic E-state index is 4.77. The van der Waals surface area contributed by atoms with Gasteiger partial charge in [-0.15, -0.1) is 24.0 Å². The van der Waals surface area contributed by atoms with Crippen molar-refractivity contribution in [2.75, 3.05) is 46.3 Å². The van der Waals surface area contributed by atoms with E-state index in [4.69, 9.17) is 4.98 Å². The maximum Gasteiger partial charge on any atom is 0.193 e. The minimum Gasteiger partial charge on any atom is -0.356 e. The van der Waals surface area contributed by atoms with E-state index in [1.165, 1.54) is 50.9 Å². The van der Waals surface area contributed by atoms with Crippen LogP contribution in [0.3, 0.4) is 0 Å². The lowest BCUT2D eigenvalue weighted by molar-refractivity contribution is 0.198. The van der Waals surface area contributed by atoms with Gasteiger partial charge in [-0.2, -0.15) is 0 Å². The largest absolute Gasteiger partial charge is 0.356 e. The molecular formula is C22H35IN6. The van der Waals surface area contributed by atoms with Gasteiger partial charge >= 0.3 is 0 Å². The smallest absolute Gasteiger partial charge is 0.193 e. The number of hydrogen-bond donors (Lipinski definition) is 1. The van der Waals surface area contributed by atoms with Crippen molar-refractivity contribution in [3.05, 3.63) is 35.8 Å². The molecule has 0 aromatic carbocycles. The first-order valence-electron chi connectivity index (χ1n) is 10.8. The lowest BCUT2D eigenvalue weighted by atomic mass is 10.1. The molecule has 29 heavy (non-hydrogen) atoms. The summed E-state index contributed by atoms with van der Waals surface area (Å²) in [6.07, 6.45) is 10.6. The normalized spacial score (nSPS) is 20.8. The van der Waals surface area contributed by atoms with Crippen LogP contribution in [0.4, 0.5) is 0 Å². The number of likely N-dealkylation sites (tertiary alicyclic amines) is 2. The van der Waals surface area contributed by atoms with E-state index in [0.717, 1.165) is 49.3 Å². The van der Waals surface area contributed by atoms with Crippen molar-refractivity contribution in [2.45, 2.75) is 39.0 Å². The van der Waals surface area contributed by atoms with E-state index in [2.05, 4.69) is 56.0 Å². The van der Waals surface area contributed by atoms with Crippen molar-refractivity contribution in [1.82, 2.24) is 24.5 Å². The Kier molecular flexibility index (Phi) is 8.17. The maximum absolute atomic E-state index is 4.77. The number of aromatic nitrogens is 2. The van der Waals surface area contributed by atoms with Crippen molar-refractivity contribution in [1.29, 1.82) is 0 Å². The number of rotatable bonds is 5. The number of pyridine rings is 1. The van der Waals surface area contributed by atoms with E-state index in [1.807, 2.05) is 7.05 Å². The number of aliphatic imine (C=N–C) groups is 1. The lowest BCUT2D eigenvalue weighted by Crippen LogP contribution is -2.42. The summed E-state index contributed by atoms with van der Waals surface area (Å²) in [7, 11) is 1.90. The average Bonchev–Trinajstić information content (AvgIpc) is 3.34. The van der Waals surface area contributed by atoms with Crippen molar-refractivity contribution in [3.8, 4) is 0 Å². The van der Waals surface area contributed by atoms with Crippen LogP contribution >= 0.6 is 24.0 Å². The van der Waals surface area contributed by atoms with Gasteiger partial charge in [0.1, 0.15) is 5.65 Å². The van der Waals surface area contributed by atoms with Crippen molar-refractivity contribution >= 4 is 35.6 Å². The van der Waals surface area contributed by atoms with Crippen LogP contribution in [0.25, 0.3) is 5.65 Å². The third kappa shape index (κ3) is 5.63.